The Bertz CT molecular complexity index is 179. The van der Waals surface area contributed by atoms with Crippen LogP contribution in [0, 0.1) is 11.8 Å². The van der Waals surface area contributed by atoms with E-state index in [-0.39, 0.29) is 17.6 Å². The van der Waals surface area contributed by atoms with Gasteiger partial charge in [0, 0.05) is 5.92 Å². The first-order chi connectivity index (χ1) is 6.29. The molecule has 3 unspecified atom stereocenters. The zero-order chi connectivity index (χ0) is 9.84. The van der Waals surface area contributed by atoms with Crippen LogP contribution in [0.2, 0.25) is 0 Å². The fourth-order valence-electron chi connectivity index (χ4n) is 1.90. The summed E-state index contributed by atoms with van der Waals surface area (Å²) in [6.07, 6.45) is 1.13. The van der Waals surface area contributed by atoms with Crippen molar-refractivity contribution in [3.63, 3.8) is 0 Å². The van der Waals surface area contributed by atoms with Crippen LogP contribution in [0.15, 0.2) is 0 Å². The molecule has 2 aliphatic rings. The number of Topliss-reactive ketones (excluding diaryl/α,β-unsaturated/α-hetero) is 1. The van der Waals surface area contributed by atoms with Gasteiger partial charge in [0.15, 0.2) is 0 Å². The second-order valence-electron chi connectivity index (χ2n) is 3.39. The first-order valence-electron chi connectivity index (χ1n) is 5.08. The van der Waals surface area contributed by atoms with Crippen molar-refractivity contribution in [2.45, 2.75) is 32.8 Å². The van der Waals surface area contributed by atoms with Crippen molar-refractivity contribution >= 4 is 5.78 Å². The van der Waals surface area contributed by atoms with E-state index in [9.17, 15) is 9.90 Å². The number of carbonyl (C=O) groups is 1. The number of carbonyl (C=O) groups excluding carboxylic acids is 1. The Morgan fingerprint density at radius 3 is 2.62 bits per heavy atom. The van der Waals surface area contributed by atoms with Gasteiger partial charge in [-0.15, -0.1) is 0 Å². The first-order valence-corrected chi connectivity index (χ1v) is 5.08. The van der Waals surface area contributed by atoms with Gasteiger partial charge in [-0.25, -0.2) is 0 Å². The lowest BCUT2D eigenvalue weighted by Gasteiger charge is -2.35. The van der Waals surface area contributed by atoms with E-state index in [1.54, 1.807) is 0 Å². The molecule has 0 aromatic carbocycles. The molecule has 76 valence electrons. The lowest BCUT2D eigenvalue weighted by atomic mass is 9.77. The molecule has 0 aromatic rings. The molecule has 13 heavy (non-hydrogen) atoms. The Hall–Kier alpha value is -0.410. The van der Waals surface area contributed by atoms with E-state index in [4.69, 9.17) is 4.74 Å². The molecule has 3 nitrogen and oxygen atoms in total. The molecule has 3 atom stereocenters. The number of fused-ring (bicyclic) bond motifs is 2. The maximum absolute atomic E-state index is 11.4. The maximum atomic E-state index is 11.4. The number of rotatable bonds is 0. The van der Waals surface area contributed by atoms with E-state index in [1.807, 2.05) is 13.8 Å². The molecule has 1 saturated heterocycles. The standard InChI is InChI=1S/C8H12O3.C2H6/c9-7-2-1-5-3-11-4-6(7)8(5)10;1-2/h5-7,9H,1-4H2;1-2H3. The number of aliphatic hydroxyl groups excluding tert-OH is 1. The summed E-state index contributed by atoms with van der Waals surface area (Å²) in [5.74, 6) is 0.0784. The molecule has 1 heterocycles. The third kappa shape index (κ3) is 2.09. The molecular weight excluding hydrogens is 168 g/mol. The van der Waals surface area contributed by atoms with E-state index >= 15 is 0 Å². The Balaban J connectivity index is 0.000000396. The van der Waals surface area contributed by atoms with Crippen LogP contribution in [0.25, 0.3) is 0 Å². The van der Waals surface area contributed by atoms with Crippen molar-refractivity contribution in [1.29, 1.82) is 0 Å². The Morgan fingerprint density at radius 2 is 2.00 bits per heavy atom. The summed E-state index contributed by atoms with van der Waals surface area (Å²) in [6.45, 7) is 5.00. The van der Waals surface area contributed by atoms with E-state index < -0.39 is 6.10 Å². The van der Waals surface area contributed by atoms with Gasteiger partial charge in [0.2, 0.25) is 0 Å². The molecule has 2 fully saturated rings. The Morgan fingerprint density at radius 1 is 1.31 bits per heavy atom. The van der Waals surface area contributed by atoms with Crippen LogP contribution in [0.1, 0.15) is 26.7 Å². The predicted molar refractivity (Wildman–Crippen MR) is 49.4 cm³/mol. The highest BCUT2D eigenvalue weighted by Gasteiger charge is 2.40. The number of aliphatic hydroxyl groups is 1. The summed E-state index contributed by atoms with van der Waals surface area (Å²) in [4.78, 5) is 11.4. The molecule has 1 N–H and O–H groups in total. The van der Waals surface area contributed by atoms with Gasteiger partial charge in [0.05, 0.1) is 25.2 Å². The van der Waals surface area contributed by atoms with Crippen LogP contribution >= 0.6 is 0 Å². The highest BCUT2D eigenvalue weighted by molar-refractivity contribution is 5.85. The van der Waals surface area contributed by atoms with Crippen molar-refractivity contribution in [3.8, 4) is 0 Å². The lowest BCUT2D eigenvalue weighted by molar-refractivity contribution is -0.149. The quantitative estimate of drug-likeness (QED) is 0.614. The van der Waals surface area contributed by atoms with Crippen molar-refractivity contribution in [1.82, 2.24) is 0 Å². The van der Waals surface area contributed by atoms with Crippen molar-refractivity contribution < 1.29 is 14.6 Å². The average molecular weight is 186 g/mol. The van der Waals surface area contributed by atoms with Gasteiger partial charge in [0.1, 0.15) is 5.78 Å². The minimum absolute atomic E-state index is 0.0807. The van der Waals surface area contributed by atoms with E-state index in [0.717, 1.165) is 12.8 Å². The molecule has 0 aromatic heterocycles. The molecule has 2 bridgehead atoms. The largest absolute Gasteiger partial charge is 0.392 e. The van der Waals surface area contributed by atoms with E-state index in [2.05, 4.69) is 0 Å². The minimum atomic E-state index is -0.445. The Kier molecular flexibility index (Phi) is 3.88. The van der Waals surface area contributed by atoms with Gasteiger partial charge in [-0.3, -0.25) is 4.79 Å². The van der Waals surface area contributed by atoms with Gasteiger partial charge in [-0.1, -0.05) is 13.8 Å². The second kappa shape index (κ2) is 4.72. The van der Waals surface area contributed by atoms with Crippen LogP contribution in [0.3, 0.4) is 0 Å². The SMILES string of the molecule is CC.O=C1C2CCC(O)C1COC2. The van der Waals surface area contributed by atoms with Gasteiger partial charge in [0.25, 0.3) is 0 Å². The fourth-order valence-corrected chi connectivity index (χ4v) is 1.90. The number of hydrogen-bond acceptors (Lipinski definition) is 3. The number of hydrogen-bond donors (Lipinski definition) is 1. The molecule has 0 spiro atoms. The zero-order valence-electron chi connectivity index (χ0n) is 8.32. The van der Waals surface area contributed by atoms with Gasteiger partial charge >= 0.3 is 0 Å². The average Bonchev–Trinajstić information content (AvgIpc) is 2.15. The molecule has 3 heteroatoms. The molecule has 1 aliphatic carbocycles. The number of ketones is 1. The summed E-state index contributed by atoms with van der Waals surface area (Å²) >= 11 is 0. The molecule has 1 aliphatic heterocycles. The third-order valence-corrected chi connectivity index (χ3v) is 2.66. The molecule has 1 saturated carbocycles. The van der Waals surface area contributed by atoms with Gasteiger partial charge in [-0.2, -0.15) is 0 Å². The minimum Gasteiger partial charge on any atom is -0.392 e. The number of ether oxygens (including phenoxy) is 1. The van der Waals surface area contributed by atoms with Crippen LogP contribution in [-0.4, -0.2) is 30.2 Å². The molecular formula is C10H18O3. The van der Waals surface area contributed by atoms with E-state index in [1.165, 1.54) is 0 Å². The first kappa shape index (κ1) is 10.7. The van der Waals surface area contributed by atoms with Crippen molar-refractivity contribution in [3.05, 3.63) is 0 Å². The van der Waals surface area contributed by atoms with Crippen molar-refractivity contribution in [2.24, 2.45) is 11.8 Å². The Labute approximate surface area is 79.1 Å². The fraction of sp³-hybridized carbons (Fsp3) is 0.900. The summed E-state index contributed by atoms with van der Waals surface area (Å²) in [7, 11) is 0. The predicted octanol–water partition coefficient (Wildman–Crippen LogP) is 0.999. The molecule has 0 amide bonds. The second-order valence-corrected chi connectivity index (χ2v) is 3.39. The normalized spacial score (nSPS) is 37.8. The summed E-state index contributed by atoms with van der Waals surface area (Å²) in [5, 5.41) is 9.39. The monoisotopic (exact) mass is 186 g/mol. The van der Waals surface area contributed by atoms with E-state index in [0.29, 0.717) is 13.2 Å². The molecule has 2 rings (SSSR count). The topological polar surface area (TPSA) is 46.5 Å². The highest BCUT2D eigenvalue weighted by atomic mass is 16.5. The van der Waals surface area contributed by atoms with Crippen LogP contribution in [0.5, 0.6) is 0 Å². The highest BCUT2D eigenvalue weighted by Crippen LogP contribution is 2.30. The summed E-state index contributed by atoms with van der Waals surface area (Å²) in [5.41, 5.74) is 0. The van der Waals surface area contributed by atoms with Crippen LogP contribution in [-0.2, 0) is 9.53 Å². The smallest absolute Gasteiger partial charge is 0.146 e. The van der Waals surface area contributed by atoms with Crippen molar-refractivity contribution in [2.75, 3.05) is 13.2 Å². The summed E-state index contributed by atoms with van der Waals surface area (Å²) < 4.78 is 5.20. The lowest BCUT2D eigenvalue weighted by Crippen LogP contribution is -2.46. The molecule has 0 radical (unpaired) electrons. The van der Waals surface area contributed by atoms with Crippen LogP contribution < -0.4 is 0 Å². The van der Waals surface area contributed by atoms with Gasteiger partial charge in [-0.05, 0) is 12.8 Å². The van der Waals surface area contributed by atoms with Gasteiger partial charge < -0.3 is 9.84 Å². The summed E-state index contributed by atoms with van der Waals surface area (Å²) in [6, 6.07) is 0. The maximum Gasteiger partial charge on any atom is 0.146 e. The third-order valence-electron chi connectivity index (χ3n) is 2.66. The van der Waals surface area contributed by atoms with Crippen LogP contribution in [0.4, 0.5) is 0 Å². The zero-order valence-corrected chi connectivity index (χ0v) is 8.32.